The van der Waals surface area contributed by atoms with Gasteiger partial charge >= 0.3 is 0 Å². The number of sulfonamides is 1. The van der Waals surface area contributed by atoms with E-state index < -0.39 is 10.0 Å². The molecule has 8 heteroatoms. The van der Waals surface area contributed by atoms with Crippen LogP contribution < -0.4 is 10.0 Å². The van der Waals surface area contributed by atoms with E-state index in [9.17, 15) is 13.2 Å². The first-order chi connectivity index (χ1) is 13.0. The molecule has 0 unspecified atom stereocenters. The lowest BCUT2D eigenvalue weighted by Crippen LogP contribution is -2.25. The predicted molar refractivity (Wildman–Crippen MR) is 100 cm³/mol. The number of hydrogen-bond acceptors (Lipinski definition) is 5. The topological polar surface area (TPSA) is 108 Å². The zero-order chi connectivity index (χ0) is 19.7. The number of rotatable bonds is 9. The van der Waals surface area contributed by atoms with Crippen LogP contribution in [0.5, 0.6) is 0 Å². The summed E-state index contributed by atoms with van der Waals surface area (Å²) in [4.78, 5) is 12.3. The van der Waals surface area contributed by atoms with Crippen molar-refractivity contribution in [1.29, 1.82) is 5.26 Å². The first-order valence-corrected chi connectivity index (χ1v) is 9.76. The summed E-state index contributed by atoms with van der Waals surface area (Å²) in [6, 6.07) is 15.2. The van der Waals surface area contributed by atoms with Crippen LogP contribution in [0.4, 0.5) is 0 Å². The van der Waals surface area contributed by atoms with Gasteiger partial charge in [-0.1, -0.05) is 24.3 Å². The molecule has 0 heterocycles. The van der Waals surface area contributed by atoms with Crippen LogP contribution in [0.3, 0.4) is 0 Å². The highest BCUT2D eigenvalue weighted by molar-refractivity contribution is 7.89. The number of benzene rings is 2. The standard InChI is InChI=1S/C19H21N3O4S/c1-26-14-16-5-2-4-15(12-16)13-21-19(23)17-6-8-18(9-7-17)27(24,25)22-11-3-10-20/h2,4-9,12,22H,3,11,13-14H2,1H3,(H,21,23). The normalized spacial score (nSPS) is 11.0. The summed E-state index contributed by atoms with van der Waals surface area (Å²) in [7, 11) is -2.06. The van der Waals surface area contributed by atoms with Crippen molar-refractivity contribution < 1.29 is 17.9 Å². The Morgan fingerprint density at radius 2 is 1.85 bits per heavy atom. The van der Waals surface area contributed by atoms with E-state index in [0.717, 1.165) is 11.1 Å². The van der Waals surface area contributed by atoms with Gasteiger partial charge in [-0.2, -0.15) is 5.26 Å². The quantitative estimate of drug-likeness (QED) is 0.640. The van der Waals surface area contributed by atoms with Crippen molar-refractivity contribution in [3.05, 3.63) is 65.2 Å². The molecule has 0 saturated heterocycles. The molecule has 0 bridgehead atoms. The maximum absolute atomic E-state index is 12.3. The molecule has 0 aliphatic rings. The van der Waals surface area contributed by atoms with Gasteiger partial charge in [-0.25, -0.2) is 13.1 Å². The fraction of sp³-hybridized carbons (Fsp3) is 0.263. The minimum Gasteiger partial charge on any atom is -0.380 e. The van der Waals surface area contributed by atoms with Crippen LogP contribution in [0.2, 0.25) is 0 Å². The highest BCUT2D eigenvalue weighted by atomic mass is 32.2. The third-order valence-electron chi connectivity index (χ3n) is 3.71. The summed E-state index contributed by atoms with van der Waals surface area (Å²) in [5.41, 5.74) is 2.32. The third-order valence-corrected chi connectivity index (χ3v) is 5.19. The van der Waals surface area contributed by atoms with Crippen LogP contribution in [0.1, 0.15) is 27.9 Å². The van der Waals surface area contributed by atoms with E-state index in [1.165, 1.54) is 24.3 Å². The zero-order valence-corrected chi connectivity index (χ0v) is 15.8. The van der Waals surface area contributed by atoms with E-state index in [1.54, 1.807) is 7.11 Å². The van der Waals surface area contributed by atoms with Gasteiger partial charge < -0.3 is 10.1 Å². The lowest BCUT2D eigenvalue weighted by Gasteiger charge is -2.08. The van der Waals surface area contributed by atoms with Crippen molar-refractivity contribution >= 4 is 15.9 Å². The average Bonchev–Trinajstić information content (AvgIpc) is 2.67. The molecule has 2 aromatic carbocycles. The van der Waals surface area contributed by atoms with Crippen molar-refractivity contribution in [2.24, 2.45) is 0 Å². The lowest BCUT2D eigenvalue weighted by molar-refractivity contribution is 0.0951. The summed E-state index contributed by atoms with van der Waals surface area (Å²) in [6.07, 6.45) is 0.0886. The molecule has 0 saturated carbocycles. The maximum Gasteiger partial charge on any atom is 0.251 e. The predicted octanol–water partition coefficient (Wildman–Crippen LogP) is 1.95. The van der Waals surface area contributed by atoms with Crippen LogP contribution in [0.25, 0.3) is 0 Å². The Bertz CT molecular complexity index is 919. The fourth-order valence-corrected chi connectivity index (χ4v) is 3.42. The molecule has 142 valence electrons. The number of carbonyl (C=O) groups excluding carboxylic acids is 1. The number of nitrogens with zero attached hydrogens (tertiary/aromatic N) is 1. The highest BCUT2D eigenvalue weighted by Gasteiger charge is 2.14. The van der Waals surface area contributed by atoms with Gasteiger partial charge in [0.05, 0.1) is 17.6 Å². The van der Waals surface area contributed by atoms with Crippen LogP contribution >= 0.6 is 0 Å². The minimum absolute atomic E-state index is 0.0448. The molecule has 0 atom stereocenters. The minimum atomic E-state index is -3.69. The molecule has 0 aliphatic carbocycles. The Labute approximate surface area is 159 Å². The summed E-state index contributed by atoms with van der Waals surface area (Å²) >= 11 is 0. The smallest absolute Gasteiger partial charge is 0.251 e. The fourth-order valence-electron chi connectivity index (χ4n) is 2.39. The zero-order valence-electron chi connectivity index (χ0n) is 14.9. The number of nitriles is 1. The molecular weight excluding hydrogens is 366 g/mol. The summed E-state index contributed by atoms with van der Waals surface area (Å²) in [6.45, 7) is 0.898. The molecule has 27 heavy (non-hydrogen) atoms. The second-order valence-corrected chi connectivity index (χ2v) is 7.53. The first kappa shape index (κ1) is 20.6. The van der Waals surface area contributed by atoms with Crippen molar-refractivity contribution in [3.8, 4) is 6.07 Å². The largest absolute Gasteiger partial charge is 0.380 e. The number of methoxy groups -OCH3 is 1. The van der Waals surface area contributed by atoms with Gasteiger partial charge in [0.25, 0.3) is 5.91 Å². The van der Waals surface area contributed by atoms with E-state index in [-0.39, 0.29) is 23.8 Å². The van der Waals surface area contributed by atoms with E-state index in [2.05, 4.69) is 10.0 Å². The molecule has 0 aromatic heterocycles. The number of carbonyl (C=O) groups is 1. The monoisotopic (exact) mass is 387 g/mol. The van der Waals surface area contributed by atoms with Gasteiger partial charge in [0.1, 0.15) is 0 Å². The van der Waals surface area contributed by atoms with Gasteiger partial charge in [0.15, 0.2) is 0 Å². The molecule has 7 nitrogen and oxygen atoms in total. The summed E-state index contributed by atoms with van der Waals surface area (Å²) in [5.74, 6) is -0.298. The number of ether oxygens (including phenoxy) is 1. The van der Waals surface area contributed by atoms with E-state index in [1.807, 2.05) is 30.3 Å². The lowest BCUT2D eigenvalue weighted by atomic mass is 10.1. The van der Waals surface area contributed by atoms with Gasteiger partial charge in [-0.05, 0) is 35.4 Å². The van der Waals surface area contributed by atoms with Crippen molar-refractivity contribution in [1.82, 2.24) is 10.0 Å². The average molecular weight is 387 g/mol. The van der Waals surface area contributed by atoms with E-state index in [4.69, 9.17) is 10.00 Å². The van der Waals surface area contributed by atoms with Crippen molar-refractivity contribution in [2.45, 2.75) is 24.5 Å². The van der Waals surface area contributed by atoms with Crippen LogP contribution in [-0.2, 0) is 27.9 Å². The number of nitrogens with one attached hydrogen (secondary N) is 2. The van der Waals surface area contributed by atoms with Crippen LogP contribution in [-0.4, -0.2) is 28.0 Å². The second-order valence-electron chi connectivity index (χ2n) is 5.77. The van der Waals surface area contributed by atoms with Gasteiger partial charge in [0, 0.05) is 32.2 Å². The summed E-state index contributed by atoms with van der Waals surface area (Å²) < 4.78 is 31.5. The maximum atomic E-state index is 12.3. The Balaban J connectivity index is 1.97. The van der Waals surface area contributed by atoms with Crippen molar-refractivity contribution in [3.63, 3.8) is 0 Å². The highest BCUT2D eigenvalue weighted by Crippen LogP contribution is 2.11. The van der Waals surface area contributed by atoms with E-state index in [0.29, 0.717) is 18.7 Å². The number of hydrogen-bond donors (Lipinski definition) is 2. The third kappa shape index (κ3) is 6.18. The van der Waals surface area contributed by atoms with Gasteiger partial charge in [-0.15, -0.1) is 0 Å². The van der Waals surface area contributed by atoms with Gasteiger partial charge in [-0.3, -0.25) is 4.79 Å². The Kier molecular flexibility index (Phi) is 7.49. The first-order valence-electron chi connectivity index (χ1n) is 8.28. The molecular formula is C19H21N3O4S. The van der Waals surface area contributed by atoms with Gasteiger partial charge in [0.2, 0.25) is 10.0 Å². The van der Waals surface area contributed by atoms with E-state index >= 15 is 0 Å². The Hall–Kier alpha value is -2.73. The summed E-state index contributed by atoms with van der Waals surface area (Å²) in [5, 5.41) is 11.3. The molecule has 0 aliphatic heterocycles. The molecule has 0 fully saturated rings. The second kappa shape index (κ2) is 9.83. The van der Waals surface area contributed by atoms with Crippen LogP contribution in [0, 0.1) is 11.3 Å². The van der Waals surface area contributed by atoms with Crippen LogP contribution in [0.15, 0.2) is 53.4 Å². The molecule has 1 amide bonds. The molecule has 2 N–H and O–H groups in total. The number of amides is 1. The molecule has 2 rings (SSSR count). The molecule has 2 aromatic rings. The Morgan fingerprint density at radius 1 is 1.15 bits per heavy atom. The SMILES string of the molecule is COCc1cccc(CNC(=O)c2ccc(S(=O)(=O)NCCC#N)cc2)c1. The van der Waals surface area contributed by atoms with Crippen molar-refractivity contribution in [2.75, 3.05) is 13.7 Å². The molecule has 0 spiro atoms. The molecule has 0 radical (unpaired) electrons. The Morgan fingerprint density at radius 3 is 2.52 bits per heavy atom.